The van der Waals surface area contributed by atoms with Crippen LogP contribution < -0.4 is 9.47 Å². The fraction of sp³-hybridized carbons (Fsp3) is 0.0741. The lowest BCUT2D eigenvalue weighted by Crippen LogP contribution is -2.08. The highest BCUT2D eigenvalue weighted by atomic mass is 16.7. The van der Waals surface area contributed by atoms with Crippen molar-refractivity contribution in [3.05, 3.63) is 109 Å². The summed E-state index contributed by atoms with van der Waals surface area (Å²) in [4.78, 5) is 12.4. The van der Waals surface area contributed by atoms with Gasteiger partial charge >= 0.3 is 5.97 Å². The summed E-state index contributed by atoms with van der Waals surface area (Å²) in [6.07, 6.45) is 3.75. The van der Waals surface area contributed by atoms with E-state index in [1.807, 2.05) is 36.4 Å². The molecule has 0 N–H and O–H groups in total. The Bertz CT molecular complexity index is 1080. The van der Waals surface area contributed by atoms with Crippen LogP contribution in [0.4, 0.5) is 0 Å². The SMILES string of the molecule is C=CCC#Cc1ccc(-c2ccc(OC(=O)c3ccc(OCOC=C)cc3)cc2)cc1. The first-order valence-electron chi connectivity index (χ1n) is 9.67. The molecule has 4 heteroatoms. The highest BCUT2D eigenvalue weighted by Gasteiger charge is 2.09. The molecule has 0 aromatic heterocycles. The smallest absolute Gasteiger partial charge is 0.343 e. The Morgan fingerprint density at radius 2 is 1.45 bits per heavy atom. The standard InChI is InChI=1S/C27H22O4/c1-3-5-6-7-21-8-10-22(11-9-21)23-12-18-26(19-13-23)31-27(28)24-14-16-25(17-15-24)30-20-29-4-2/h3-4,8-19H,1-2,5,20H2. The molecule has 3 aromatic rings. The Labute approximate surface area is 182 Å². The Hall–Kier alpha value is -4.23. The zero-order chi connectivity index (χ0) is 21.9. The van der Waals surface area contributed by atoms with Crippen molar-refractivity contribution in [3.63, 3.8) is 0 Å². The summed E-state index contributed by atoms with van der Waals surface area (Å²) in [6.45, 7) is 7.15. The molecule has 0 aliphatic rings. The minimum atomic E-state index is -0.441. The lowest BCUT2D eigenvalue weighted by molar-refractivity contribution is 0.0734. The molecule has 3 rings (SSSR count). The van der Waals surface area contributed by atoms with Crippen LogP contribution in [-0.4, -0.2) is 12.8 Å². The van der Waals surface area contributed by atoms with Crippen molar-refractivity contribution in [2.75, 3.05) is 6.79 Å². The molecule has 0 aliphatic heterocycles. The zero-order valence-corrected chi connectivity index (χ0v) is 17.0. The van der Waals surface area contributed by atoms with E-state index in [1.54, 1.807) is 42.5 Å². The van der Waals surface area contributed by atoms with E-state index in [0.29, 0.717) is 23.5 Å². The van der Waals surface area contributed by atoms with Crippen LogP contribution in [0.1, 0.15) is 22.3 Å². The van der Waals surface area contributed by atoms with Gasteiger partial charge in [-0.3, -0.25) is 0 Å². The highest BCUT2D eigenvalue weighted by Crippen LogP contribution is 2.23. The molecule has 0 saturated carbocycles. The van der Waals surface area contributed by atoms with Gasteiger partial charge in [-0.05, 0) is 59.7 Å². The third kappa shape index (κ3) is 6.38. The molecular formula is C27H22O4. The minimum absolute atomic E-state index is 0.0606. The van der Waals surface area contributed by atoms with Gasteiger partial charge in [-0.15, -0.1) is 6.58 Å². The van der Waals surface area contributed by atoms with Crippen LogP contribution in [0.2, 0.25) is 0 Å². The van der Waals surface area contributed by atoms with Crippen LogP contribution in [0.5, 0.6) is 11.5 Å². The van der Waals surface area contributed by atoms with E-state index in [4.69, 9.17) is 14.2 Å². The Morgan fingerprint density at radius 3 is 2.06 bits per heavy atom. The second-order valence-electron chi connectivity index (χ2n) is 6.41. The average Bonchev–Trinajstić information content (AvgIpc) is 2.81. The lowest BCUT2D eigenvalue weighted by atomic mass is 10.0. The normalized spacial score (nSPS) is 9.68. The van der Waals surface area contributed by atoms with Gasteiger partial charge in [0.05, 0.1) is 11.8 Å². The topological polar surface area (TPSA) is 44.8 Å². The monoisotopic (exact) mass is 410 g/mol. The van der Waals surface area contributed by atoms with Crippen LogP contribution in [0.3, 0.4) is 0 Å². The summed E-state index contributed by atoms with van der Waals surface area (Å²) in [5, 5.41) is 0. The van der Waals surface area contributed by atoms with E-state index in [1.165, 1.54) is 6.26 Å². The first-order chi connectivity index (χ1) is 15.2. The maximum atomic E-state index is 12.4. The molecule has 0 spiro atoms. The predicted molar refractivity (Wildman–Crippen MR) is 122 cm³/mol. The molecule has 0 unspecified atom stereocenters. The summed E-state index contributed by atoms with van der Waals surface area (Å²) >= 11 is 0. The number of hydrogen-bond donors (Lipinski definition) is 0. The van der Waals surface area contributed by atoms with Crippen LogP contribution in [-0.2, 0) is 4.74 Å². The second-order valence-corrected chi connectivity index (χ2v) is 6.41. The molecule has 4 nitrogen and oxygen atoms in total. The number of ether oxygens (including phenoxy) is 3. The molecule has 31 heavy (non-hydrogen) atoms. The fourth-order valence-electron chi connectivity index (χ4n) is 2.69. The zero-order valence-electron chi connectivity index (χ0n) is 17.0. The number of allylic oxidation sites excluding steroid dienone is 1. The average molecular weight is 410 g/mol. The molecule has 0 atom stereocenters. The Kier molecular flexibility index (Phi) is 7.68. The molecule has 0 fully saturated rings. The van der Waals surface area contributed by atoms with Crippen molar-refractivity contribution in [1.82, 2.24) is 0 Å². The predicted octanol–water partition coefficient (Wildman–Crippen LogP) is 6.00. The molecular weight excluding hydrogens is 388 g/mol. The molecule has 0 saturated heterocycles. The number of benzene rings is 3. The molecule has 0 aliphatic carbocycles. The van der Waals surface area contributed by atoms with Crippen LogP contribution in [0.15, 0.2) is 98.3 Å². The first-order valence-corrected chi connectivity index (χ1v) is 9.67. The lowest BCUT2D eigenvalue weighted by Gasteiger charge is -2.08. The number of carbonyl (C=O) groups is 1. The fourth-order valence-corrected chi connectivity index (χ4v) is 2.69. The third-order valence-corrected chi connectivity index (χ3v) is 4.26. The molecule has 154 valence electrons. The van der Waals surface area contributed by atoms with Gasteiger partial charge in [-0.1, -0.05) is 48.8 Å². The van der Waals surface area contributed by atoms with Gasteiger partial charge in [0.2, 0.25) is 6.79 Å². The maximum absolute atomic E-state index is 12.4. The van der Waals surface area contributed by atoms with E-state index in [0.717, 1.165) is 16.7 Å². The quantitative estimate of drug-likeness (QED) is 0.0869. The summed E-state index contributed by atoms with van der Waals surface area (Å²) in [6, 6.07) is 22.0. The van der Waals surface area contributed by atoms with Crippen molar-refractivity contribution >= 4 is 5.97 Å². The van der Waals surface area contributed by atoms with Crippen molar-refractivity contribution in [3.8, 4) is 34.5 Å². The van der Waals surface area contributed by atoms with Crippen molar-refractivity contribution in [1.29, 1.82) is 0 Å². The molecule has 3 aromatic carbocycles. The first kappa shape index (κ1) is 21.5. The molecule has 0 bridgehead atoms. The number of esters is 1. The largest absolute Gasteiger partial charge is 0.466 e. The molecule has 0 radical (unpaired) electrons. The van der Waals surface area contributed by atoms with Gasteiger partial charge in [-0.25, -0.2) is 4.79 Å². The Morgan fingerprint density at radius 1 is 0.839 bits per heavy atom. The van der Waals surface area contributed by atoms with E-state index in [-0.39, 0.29) is 6.79 Å². The van der Waals surface area contributed by atoms with E-state index >= 15 is 0 Å². The van der Waals surface area contributed by atoms with Crippen LogP contribution in [0.25, 0.3) is 11.1 Å². The summed E-state index contributed by atoms with van der Waals surface area (Å²) < 4.78 is 15.7. The van der Waals surface area contributed by atoms with Gasteiger partial charge in [0.15, 0.2) is 0 Å². The minimum Gasteiger partial charge on any atom is -0.466 e. The number of carbonyl (C=O) groups excluding carboxylic acids is 1. The summed E-state index contributed by atoms with van der Waals surface area (Å²) in [5.41, 5.74) is 3.46. The van der Waals surface area contributed by atoms with E-state index in [9.17, 15) is 4.79 Å². The van der Waals surface area contributed by atoms with Crippen molar-refractivity contribution in [2.24, 2.45) is 0 Å². The van der Waals surface area contributed by atoms with Crippen LogP contribution >= 0.6 is 0 Å². The van der Waals surface area contributed by atoms with Gasteiger partial charge in [0, 0.05) is 12.0 Å². The van der Waals surface area contributed by atoms with Gasteiger partial charge in [0.25, 0.3) is 0 Å². The van der Waals surface area contributed by atoms with Gasteiger partial charge in [-0.2, -0.15) is 0 Å². The maximum Gasteiger partial charge on any atom is 0.343 e. The summed E-state index contributed by atoms with van der Waals surface area (Å²) in [7, 11) is 0. The van der Waals surface area contributed by atoms with E-state index in [2.05, 4.69) is 25.0 Å². The Balaban J connectivity index is 1.60. The van der Waals surface area contributed by atoms with Crippen LogP contribution in [0, 0.1) is 11.8 Å². The van der Waals surface area contributed by atoms with Gasteiger partial charge in [0.1, 0.15) is 11.5 Å². The number of rotatable bonds is 8. The highest BCUT2D eigenvalue weighted by molar-refractivity contribution is 5.91. The molecule has 0 heterocycles. The van der Waals surface area contributed by atoms with Crippen molar-refractivity contribution < 1.29 is 19.0 Å². The number of hydrogen-bond acceptors (Lipinski definition) is 4. The van der Waals surface area contributed by atoms with Crippen molar-refractivity contribution in [2.45, 2.75) is 6.42 Å². The van der Waals surface area contributed by atoms with E-state index < -0.39 is 5.97 Å². The summed E-state index contributed by atoms with van der Waals surface area (Å²) in [5.74, 6) is 6.74. The third-order valence-electron chi connectivity index (χ3n) is 4.26. The van der Waals surface area contributed by atoms with Gasteiger partial charge < -0.3 is 14.2 Å². The second kappa shape index (κ2) is 11.1. The molecule has 0 amide bonds.